The first-order valence-electron chi connectivity index (χ1n) is 6.63. The predicted molar refractivity (Wildman–Crippen MR) is 73.7 cm³/mol. The Labute approximate surface area is 121 Å². The summed E-state index contributed by atoms with van der Waals surface area (Å²) in [5, 5.41) is 18.3. The number of hydrogen-bond donors (Lipinski definition) is 3. The number of morpholine rings is 1. The van der Waals surface area contributed by atoms with Crippen LogP contribution in [-0.4, -0.2) is 58.8 Å². The van der Waals surface area contributed by atoms with E-state index in [1.165, 1.54) is 17.0 Å². The van der Waals surface area contributed by atoms with E-state index in [1.54, 1.807) is 12.1 Å². The van der Waals surface area contributed by atoms with Crippen molar-refractivity contribution in [3.8, 4) is 5.75 Å². The number of benzene rings is 1. The highest BCUT2D eigenvalue weighted by Gasteiger charge is 2.34. The van der Waals surface area contributed by atoms with Crippen molar-refractivity contribution in [2.45, 2.75) is 18.5 Å². The van der Waals surface area contributed by atoms with Gasteiger partial charge >= 0.3 is 5.97 Å². The molecule has 0 aromatic heterocycles. The molecular formula is C14H18N2O5. The molecule has 114 valence electrons. The van der Waals surface area contributed by atoms with Gasteiger partial charge in [-0.15, -0.1) is 0 Å². The van der Waals surface area contributed by atoms with Crippen LogP contribution in [-0.2, 0) is 20.7 Å². The minimum absolute atomic E-state index is 0.0208. The molecule has 7 nitrogen and oxygen atoms in total. The zero-order valence-corrected chi connectivity index (χ0v) is 11.4. The van der Waals surface area contributed by atoms with E-state index in [-0.39, 0.29) is 25.3 Å². The number of carbonyl (C=O) groups is 2. The number of nitrogens with two attached hydrogens (primary N) is 1. The molecule has 1 amide bonds. The van der Waals surface area contributed by atoms with Crippen molar-refractivity contribution in [1.82, 2.24) is 4.90 Å². The lowest BCUT2D eigenvalue weighted by Gasteiger charge is -2.34. The van der Waals surface area contributed by atoms with Gasteiger partial charge in [0.25, 0.3) is 0 Å². The second kappa shape index (κ2) is 6.55. The fraction of sp³-hybridized carbons (Fsp3) is 0.429. The maximum absolute atomic E-state index is 12.3. The maximum Gasteiger partial charge on any atom is 0.328 e. The molecule has 0 spiro atoms. The summed E-state index contributed by atoms with van der Waals surface area (Å²) in [6, 6.07) is 4.57. The fourth-order valence-electron chi connectivity index (χ4n) is 2.26. The van der Waals surface area contributed by atoms with E-state index in [0.717, 1.165) is 5.56 Å². The van der Waals surface area contributed by atoms with Crippen LogP contribution >= 0.6 is 0 Å². The number of phenols is 1. The van der Waals surface area contributed by atoms with Gasteiger partial charge in [-0.05, 0) is 24.1 Å². The maximum atomic E-state index is 12.3. The second-order valence-electron chi connectivity index (χ2n) is 4.94. The van der Waals surface area contributed by atoms with E-state index in [1.807, 2.05) is 0 Å². The number of aromatic hydroxyl groups is 1. The lowest BCUT2D eigenvalue weighted by atomic mass is 10.0. The zero-order chi connectivity index (χ0) is 15.4. The van der Waals surface area contributed by atoms with E-state index in [0.29, 0.717) is 6.61 Å². The van der Waals surface area contributed by atoms with Crippen LogP contribution in [0.25, 0.3) is 0 Å². The van der Waals surface area contributed by atoms with Crippen LogP contribution in [0.4, 0.5) is 0 Å². The summed E-state index contributed by atoms with van der Waals surface area (Å²) in [6.45, 7) is 0.507. The summed E-state index contributed by atoms with van der Waals surface area (Å²) in [5.41, 5.74) is 6.69. The van der Waals surface area contributed by atoms with Crippen molar-refractivity contribution in [1.29, 1.82) is 0 Å². The first-order chi connectivity index (χ1) is 9.99. The van der Waals surface area contributed by atoms with E-state index >= 15 is 0 Å². The van der Waals surface area contributed by atoms with Crippen LogP contribution in [0.2, 0.25) is 0 Å². The van der Waals surface area contributed by atoms with Crippen LogP contribution in [0, 0.1) is 0 Å². The Morgan fingerprint density at radius 1 is 1.38 bits per heavy atom. The number of ether oxygens (including phenoxy) is 1. The Morgan fingerprint density at radius 2 is 2.05 bits per heavy atom. The number of carboxylic acids is 1. The number of carboxylic acid groups (broad SMARTS) is 1. The Morgan fingerprint density at radius 3 is 2.67 bits per heavy atom. The second-order valence-corrected chi connectivity index (χ2v) is 4.94. The van der Waals surface area contributed by atoms with Crippen molar-refractivity contribution >= 4 is 11.9 Å². The molecule has 4 N–H and O–H groups in total. The Balaban J connectivity index is 2.03. The number of nitrogens with zero attached hydrogens (tertiary/aromatic N) is 1. The monoisotopic (exact) mass is 294 g/mol. The molecule has 1 saturated heterocycles. The Hall–Kier alpha value is -2.12. The summed E-state index contributed by atoms with van der Waals surface area (Å²) in [6.07, 6.45) is 0.281. The number of carbonyl (C=O) groups excluding carboxylic acids is 1. The van der Waals surface area contributed by atoms with Crippen LogP contribution in [0.5, 0.6) is 5.75 Å². The van der Waals surface area contributed by atoms with Crippen LogP contribution in [0.1, 0.15) is 5.56 Å². The summed E-state index contributed by atoms with van der Waals surface area (Å²) in [5.74, 6) is -1.36. The molecule has 0 aliphatic carbocycles. The van der Waals surface area contributed by atoms with Gasteiger partial charge in [0.2, 0.25) is 5.91 Å². The number of amides is 1. The van der Waals surface area contributed by atoms with Gasteiger partial charge in [-0.3, -0.25) is 4.79 Å². The molecule has 7 heteroatoms. The van der Waals surface area contributed by atoms with E-state index in [4.69, 9.17) is 15.6 Å². The SMILES string of the molecule is N[C@H](Cc1ccc(O)cc1)C(=O)N1CCOCC1C(=O)O. The Bertz CT molecular complexity index is 517. The molecule has 0 bridgehead atoms. The van der Waals surface area contributed by atoms with Crippen molar-refractivity contribution in [2.75, 3.05) is 19.8 Å². The molecule has 2 atom stereocenters. The Kier molecular flexibility index (Phi) is 4.77. The molecule has 1 aliphatic rings. The number of hydrogen-bond acceptors (Lipinski definition) is 5. The molecule has 1 heterocycles. The molecule has 1 fully saturated rings. The topological polar surface area (TPSA) is 113 Å². The van der Waals surface area contributed by atoms with Crippen molar-refractivity contribution in [3.63, 3.8) is 0 Å². The molecule has 1 unspecified atom stereocenters. The first kappa shape index (κ1) is 15.3. The smallest absolute Gasteiger partial charge is 0.328 e. The van der Waals surface area contributed by atoms with Crippen molar-refractivity contribution in [2.24, 2.45) is 5.73 Å². The van der Waals surface area contributed by atoms with Gasteiger partial charge in [-0.2, -0.15) is 0 Å². The lowest BCUT2D eigenvalue weighted by Crippen LogP contribution is -2.57. The fourth-order valence-corrected chi connectivity index (χ4v) is 2.26. The highest BCUT2D eigenvalue weighted by atomic mass is 16.5. The molecular weight excluding hydrogens is 276 g/mol. The van der Waals surface area contributed by atoms with Gasteiger partial charge in [0.1, 0.15) is 5.75 Å². The van der Waals surface area contributed by atoms with Crippen LogP contribution in [0.15, 0.2) is 24.3 Å². The van der Waals surface area contributed by atoms with Gasteiger partial charge in [0.15, 0.2) is 6.04 Å². The lowest BCUT2D eigenvalue weighted by molar-refractivity contribution is -0.158. The predicted octanol–water partition coefficient (Wildman–Crippen LogP) is -0.426. The van der Waals surface area contributed by atoms with Crippen molar-refractivity contribution < 1.29 is 24.5 Å². The normalized spacial score (nSPS) is 20.0. The highest BCUT2D eigenvalue weighted by Crippen LogP contribution is 2.14. The first-order valence-corrected chi connectivity index (χ1v) is 6.63. The quantitative estimate of drug-likeness (QED) is 0.695. The zero-order valence-electron chi connectivity index (χ0n) is 11.4. The van der Waals surface area contributed by atoms with Gasteiger partial charge in [-0.1, -0.05) is 12.1 Å². The molecule has 0 radical (unpaired) electrons. The molecule has 0 saturated carbocycles. The molecule has 2 rings (SSSR count). The summed E-state index contributed by atoms with van der Waals surface area (Å²) in [4.78, 5) is 24.7. The van der Waals surface area contributed by atoms with Crippen molar-refractivity contribution in [3.05, 3.63) is 29.8 Å². The van der Waals surface area contributed by atoms with Gasteiger partial charge < -0.3 is 25.6 Å². The largest absolute Gasteiger partial charge is 0.508 e. The number of rotatable bonds is 4. The minimum Gasteiger partial charge on any atom is -0.508 e. The summed E-state index contributed by atoms with van der Waals surface area (Å²) in [7, 11) is 0. The summed E-state index contributed by atoms with van der Waals surface area (Å²) < 4.78 is 5.09. The number of phenolic OH excluding ortho intramolecular Hbond substituents is 1. The summed E-state index contributed by atoms with van der Waals surface area (Å²) >= 11 is 0. The third-order valence-corrected chi connectivity index (χ3v) is 3.41. The molecule has 21 heavy (non-hydrogen) atoms. The average molecular weight is 294 g/mol. The third-order valence-electron chi connectivity index (χ3n) is 3.41. The average Bonchev–Trinajstić information content (AvgIpc) is 2.48. The number of aliphatic carboxylic acids is 1. The van der Waals surface area contributed by atoms with Gasteiger partial charge in [0, 0.05) is 6.54 Å². The standard InChI is InChI=1S/C14H18N2O5/c15-11(7-9-1-3-10(17)4-2-9)13(18)16-5-6-21-8-12(16)14(19)20/h1-4,11-12,17H,5-8,15H2,(H,19,20)/t11-,12?/m1/s1. The third kappa shape index (κ3) is 3.71. The van der Waals surface area contributed by atoms with E-state index in [2.05, 4.69) is 0 Å². The molecule has 1 aromatic carbocycles. The van der Waals surface area contributed by atoms with E-state index in [9.17, 15) is 14.7 Å². The molecule has 1 aromatic rings. The van der Waals surface area contributed by atoms with Crippen LogP contribution in [0.3, 0.4) is 0 Å². The molecule has 1 aliphatic heterocycles. The highest BCUT2D eigenvalue weighted by molar-refractivity contribution is 5.87. The van der Waals surface area contributed by atoms with Gasteiger partial charge in [0.05, 0.1) is 19.3 Å². The van der Waals surface area contributed by atoms with Crippen LogP contribution < -0.4 is 5.73 Å². The minimum atomic E-state index is -1.10. The van der Waals surface area contributed by atoms with E-state index < -0.39 is 24.0 Å². The van der Waals surface area contributed by atoms with Gasteiger partial charge in [-0.25, -0.2) is 4.79 Å².